The highest BCUT2D eigenvalue weighted by atomic mass is 35.5. The number of nitrogens with one attached hydrogen (secondary N) is 1. The van der Waals surface area contributed by atoms with Crippen molar-refractivity contribution in [2.75, 3.05) is 4.72 Å². The molecule has 26 heavy (non-hydrogen) atoms. The Balaban J connectivity index is 2.18. The predicted octanol–water partition coefficient (Wildman–Crippen LogP) is 3.92. The first-order valence-electron chi connectivity index (χ1n) is 7.89. The largest absolute Gasteiger partial charge is 0.342 e. The third-order valence-corrected chi connectivity index (χ3v) is 6.16. The van der Waals surface area contributed by atoms with E-state index in [1.54, 1.807) is 44.3 Å². The Morgan fingerprint density at radius 3 is 2.65 bits per heavy atom. The molecule has 134 valence electrons. The van der Waals surface area contributed by atoms with E-state index in [1.807, 2.05) is 11.6 Å². The lowest BCUT2D eigenvalue weighted by Gasteiger charge is -2.12. The van der Waals surface area contributed by atoms with Crippen molar-refractivity contribution < 1.29 is 8.42 Å². The number of sulfonamides is 1. The normalized spacial score (nSPS) is 11.7. The summed E-state index contributed by atoms with van der Waals surface area (Å²) in [5.74, 6) is 0. The van der Waals surface area contributed by atoms with Gasteiger partial charge in [0, 0.05) is 29.2 Å². The molecule has 0 amide bonds. The molecule has 1 aromatic carbocycles. The molecular weight excluding hydrogens is 372 g/mol. The number of hydrogen-bond acceptors (Lipinski definition) is 4. The van der Waals surface area contributed by atoms with Gasteiger partial charge < -0.3 is 4.57 Å². The van der Waals surface area contributed by atoms with Crippen LogP contribution in [-0.2, 0) is 17.1 Å². The maximum Gasteiger partial charge on any atom is 0.235 e. The monoisotopic (exact) mass is 388 g/mol. The molecule has 0 fully saturated rings. The average Bonchev–Trinajstić information content (AvgIpc) is 2.86. The highest BCUT2D eigenvalue weighted by Crippen LogP contribution is 2.34. The van der Waals surface area contributed by atoms with Gasteiger partial charge in [-0.15, -0.1) is 0 Å². The maximum atomic E-state index is 12.1. The van der Waals surface area contributed by atoms with Crippen molar-refractivity contribution in [1.29, 1.82) is 5.26 Å². The van der Waals surface area contributed by atoms with Crippen molar-refractivity contribution in [3.63, 3.8) is 0 Å². The standard InChI is InChI=1S/C18H17ClN4O2S/c1-11(2)26(24,25)22-14-6-12(9-21-10-14)18-16(8-20)15-5-4-13(19)7-17(15)23(18)3/h4-7,9-11,22H,1-3H3. The minimum absolute atomic E-state index is 0.350. The van der Waals surface area contributed by atoms with E-state index in [4.69, 9.17) is 11.6 Å². The van der Waals surface area contributed by atoms with E-state index in [2.05, 4.69) is 15.8 Å². The van der Waals surface area contributed by atoms with Crippen LogP contribution in [0.15, 0.2) is 36.7 Å². The predicted molar refractivity (Wildman–Crippen MR) is 104 cm³/mol. The van der Waals surface area contributed by atoms with Gasteiger partial charge in [0.2, 0.25) is 10.0 Å². The lowest BCUT2D eigenvalue weighted by atomic mass is 10.1. The second kappa shape index (κ2) is 6.63. The first-order chi connectivity index (χ1) is 12.2. The fourth-order valence-corrected chi connectivity index (χ4v) is 3.61. The molecule has 0 atom stereocenters. The van der Waals surface area contributed by atoms with Crippen molar-refractivity contribution in [2.45, 2.75) is 19.1 Å². The van der Waals surface area contributed by atoms with Gasteiger partial charge in [0.15, 0.2) is 0 Å². The zero-order valence-corrected chi connectivity index (χ0v) is 16.1. The number of hydrogen-bond donors (Lipinski definition) is 1. The van der Waals surface area contributed by atoms with E-state index in [0.29, 0.717) is 27.5 Å². The van der Waals surface area contributed by atoms with Crippen molar-refractivity contribution in [3.05, 3.63) is 47.2 Å². The van der Waals surface area contributed by atoms with Gasteiger partial charge in [-0.05, 0) is 38.1 Å². The third-order valence-electron chi connectivity index (χ3n) is 4.17. The van der Waals surface area contributed by atoms with Gasteiger partial charge in [0.1, 0.15) is 6.07 Å². The summed E-state index contributed by atoms with van der Waals surface area (Å²) in [5.41, 5.74) is 2.95. The molecule has 1 N–H and O–H groups in total. The van der Waals surface area contributed by atoms with E-state index in [1.165, 1.54) is 6.20 Å². The summed E-state index contributed by atoms with van der Waals surface area (Å²) in [6.07, 6.45) is 3.04. The van der Waals surface area contributed by atoms with Crippen LogP contribution in [0.25, 0.3) is 22.2 Å². The Bertz CT molecular complexity index is 1140. The molecule has 0 saturated heterocycles. The number of aryl methyl sites for hydroxylation is 1. The number of halogens is 1. The molecule has 0 aliphatic heterocycles. The second-order valence-corrected chi connectivity index (χ2v) is 8.89. The van der Waals surface area contributed by atoms with Gasteiger partial charge in [-0.3, -0.25) is 9.71 Å². The minimum Gasteiger partial charge on any atom is -0.342 e. The smallest absolute Gasteiger partial charge is 0.235 e. The van der Waals surface area contributed by atoms with Crippen molar-refractivity contribution in [1.82, 2.24) is 9.55 Å². The van der Waals surface area contributed by atoms with Crippen LogP contribution in [-0.4, -0.2) is 23.2 Å². The van der Waals surface area contributed by atoms with Gasteiger partial charge in [-0.25, -0.2) is 8.42 Å². The zero-order chi connectivity index (χ0) is 19.1. The summed E-state index contributed by atoms with van der Waals surface area (Å²) in [6, 6.07) is 9.23. The number of benzene rings is 1. The molecule has 0 unspecified atom stereocenters. The molecular formula is C18H17ClN4O2S. The number of aromatic nitrogens is 2. The molecule has 2 heterocycles. The Morgan fingerprint density at radius 1 is 1.27 bits per heavy atom. The number of fused-ring (bicyclic) bond motifs is 1. The Hall–Kier alpha value is -2.56. The summed E-state index contributed by atoms with van der Waals surface area (Å²) >= 11 is 6.08. The molecule has 0 radical (unpaired) electrons. The Morgan fingerprint density at radius 2 is 2.00 bits per heavy atom. The molecule has 8 heteroatoms. The number of pyridine rings is 1. The first kappa shape index (κ1) is 18.2. The number of nitriles is 1. The second-order valence-electron chi connectivity index (χ2n) is 6.21. The highest BCUT2D eigenvalue weighted by molar-refractivity contribution is 7.93. The zero-order valence-electron chi connectivity index (χ0n) is 14.5. The van der Waals surface area contributed by atoms with Gasteiger partial charge in [0.05, 0.1) is 33.9 Å². The van der Waals surface area contributed by atoms with Crippen molar-refractivity contribution in [2.24, 2.45) is 7.05 Å². The lowest BCUT2D eigenvalue weighted by molar-refractivity contribution is 0.593. The van der Waals surface area contributed by atoms with Gasteiger partial charge in [-0.1, -0.05) is 11.6 Å². The Kier molecular flexibility index (Phi) is 4.65. The summed E-state index contributed by atoms with van der Waals surface area (Å²) in [5, 5.41) is 10.4. The van der Waals surface area contributed by atoms with E-state index < -0.39 is 15.3 Å². The molecule has 0 bridgehead atoms. The van der Waals surface area contributed by atoms with Crippen LogP contribution < -0.4 is 4.72 Å². The van der Waals surface area contributed by atoms with E-state index in [0.717, 1.165) is 10.9 Å². The first-order valence-corrected chi connectivity index (χ1v) is 9.82. The molecule has 0 aliphatic rings. The van der Waals surface area contributed by atoms with E-state index in [9.17, 15) is 13.7 Å². The molecule has 0 saturated carbocycles. The van der Waals surface area contributed by atoms with E-state index >= 15 is 0 Å². The average molecular weight is 389 g/mol. The van der Waals surface area contributed by atoms with E-state index in [-0.39, 0.29) is 0 Å². The van der Waals surface area contributed by atoms with Gasteiger partial charge in [-0.2, -0.15) is 5.26 Å². The molecule has 0 aliphatic carbocycles. The molecule has 0 spiro atoms. The topological polar surface area (TPSA) is 87.8 Å². The molecule has 6 nitrogen and oxygen atoms in total. The van der Waals surface area contributed by atoms with Crippen LogP contribution in [0.3, 0.4) is 0 Å². The maximum absolute atomic E-state index is 12.1. The van der Waals surface area contributed by atoms with Crippen LogP contribution in [0.4, 0.5) is 5.69 Å². The highest BCUT2D eigenvalue weighted by Gasteiger charge is 2.19. The number of nitrogens with zero attached hydrogens (tertiary/aromatic N) is 3. The minimum atomic E-state index is -3.49. The Labute approximate surface area is 157 Å². The molecule has 3 rings (SSSR count). The fourth-order valence-electron chi connectivity index (χ4n) is 2.77. The van der Waals surface area contributed by atoms with Gasteiger partial charge >= 0.3 is 0 Å². The quantitative estimate of drug-likeness (QED) is 0.733. The summed E-state index contributed by atoms with van der Waals surface area (Å²) in [4.78, 5) is 4.13. The summed E-state index contributed by atoms with van der Waals surface area (Å²) in [7, 11) is -1.65. The van der Waals surface area contributed by atoms with Crippen molar-refractivity contribution >= 4 is 38.2 Å². The molecule has 2 aromatic heterocycles. The fraction of sp³-hybridized carbons (Fsp3) is 0.222. The third kappa shape index (κ3) is 3.14. The summed E-state index contributed by atoms with van der Waals surface area (Å²) in [6.45, 7) is 3.20. The van der Waals surface area contributed by atoms with Crippen LogP contribution in [0.5, 0.6) is 0 Å². The van der Waals surface area contributed by atoms with Gasteiger partial charge in [0.25, 0.3) is 0 Å². The van der Waals surface area contributed by atoms with Crippen LogP contribution in [0.1, 0.15) is 19.4 Å². The van der Waals surface area contributed by atoms with Crippen LogP contribution >= 0.6 is 11.6 Å². The SMILES string of the molecule is CC(C)S(=O)(=O)Nc1cncc(-c2c(C#N)c3ccc(Cl)cc3n2C)c1. The lowest BCUT2D eigenvalue weighted by Crippen LogP contribution is -2.22. The van der Waals surface area contributed by atoms with Crippen molar-refractivity contribution in [3.8, 4) is 17.3 Å². The summed E-state index contributed by atoms with van der Waals surface area (Å²) < 4.78 is 28.6. The number of rotatable bonds is 4. The molecule has 3 aromatic rings. The number of anilines is 1. The van der Waals surface area contributed by atoms with Crippen LogP contribution in [0, 0.1) is 11.3 Å². The van der Waals surface area contributed by atoms with Crippen LogP contribution in [0.2, 0.25) is 5.02 Å².